The van der Waals surface area contributed by atoms with E-state index in [2.05, 4.69) is 6.58 Å². The second-order valence-corrected chi connectivity index (χ2v) is 6.94. The summed E-state index contributed by atoms with van der Waals surface area (Å²) >= 11 is 0. The van der Waals surface area contributed by atoms with Gasteiger partial charge in [0.1, 0.15) is 24.7 Å². The number of benzene rings is 3. The normalized spacial score (nSPS) is 10.6. The van der Waals surface area contributed by atoms with E-state index in [4.69, 9.17) is 23.7 Å². The van der Waals surface area contributed by atoms with Gasteiger partial charge in [-0.15, -0.1) is 0 Å². The molecular formula is C26H26O7. The third-order valence-electron chi connectivity index (χ3n) is 4.63. The quantitative estimate of drug-likeness (QED) is 0.175. The van der Waals surface area contributed by atoms with Crippen molar-refractivity contribution in [2.24, 2.45) is 0 Å². The third-order valence-corrected chi connectivity index (χ3v) is 4.63. The maximum absolute atomic E-state index is 12.6. The molecule has 7 nitrogen and oxygen atoms in total. The number of hydrogen-bond donors (Lipinski definition) is 0. The van der Waals surface area contributed by atoms with Crippen LogP contribution in [0.15, 0.2) is 73.3 Å². The van der Waals surface area contributed by atoms with Crippen LogP contribution in [0.2, 0.25) is 0 Å². The van der Waals surface area contributed by atoms with E-state index in [9.17, 15) is 9.59 Å². The first-order chi connectivity index (χ1) is 16.1. The molecule has 0 heterocycles. The Morgan fingerprint density at radius 1 is 0.879 bits per heavy atom. The van der Waals surface area contributed by atoms with Crippen molar-refractivity contribution in [1.29, 1.82) is 0 Å². The van der Waals surface area contributed by atoms with E-state index in [0.717, 1.165) is 5.39 Å². The summed E-state index contributed by atoms with van der Waals surface area (Å²) in [5, 5.41) is 1.45. The molecule has 0 aliphatic carbocycles. The molecule has 0 saturated carbocycles. The van der Waals surface area contributed by atoms with Crippen LogP contribution in [-0.4, -0.2) is 52.1 Å². The molecule has 0 amide bonds. The molecule has 0 N–H and O–H groups in total. The molecular weight excluding hydrogens is 424 g/mol. The molecule has 0 aliphatic heterocycles. The minimum absolute atomic E-state index is 0.125. The van der Waals surface area contributed by atoms with Crippen molar-refractivity contribution in [2.75, 3.05) is 40.1 Å². The fourth-order valence-electron chi connectivity index (χ4n) is 3.02. The van der Waals surface area contributed by atoms with E-state index >= 15 is 0 Å². The maximum Gasteiger partial charge on any atom is 0.343 e. The zero-order valence-corrected chi connectivity index (χ0v) is 18.5. The van der Waals surface area contributed by atoms with Gasteiger partial charge in [0.05, 0.1) is 30.9 Å². The van der Waals surface area contributed by atoms with Crippen LogP contribution in [0.1, 0.15) is 20.7 Å². The average molecular weight is 450 g/mol. The van der Waals surface area contributed by atoms with Gasteiger partial charge in [-0.1, -0.05) is 30.9 Å². The van der Waals surface area contributed by atoms with Crippen LogP contribution in [0.25, 0.3) is 10.8 Å². The first kappa shape index (κ1) is 24.0. The van der Waals surface area contributed by atoms with Gasteiger partial charge in [0, 0.05) is 7.11 Å². The molecule has 3 aromatic rings. The Morgan fingerprint density at radius 2 is 1.64 bits per heavy atom. The minimum atomic E-state index is -0.516. The van der Waals surface area contributed by atoms with Gasteiger partial charge in [-0.3, -0.25) is 0 Å². The molecule has 0 spiro atoms. The summed E-state index contributed by atoms with van der Waals surface area (Å²) in [6.45, 7) is 5.29. The van der Waals surface area contributed by atoms with Crippen LogP contribution in [0.5, 0.6) is 11.5 Å². The molecule has 0 atom stereocenters. The number of carbonyl (C=O) groups is 2. The molecule has 7 heteroatoms. The second-order valence-electron chi connectivity index (χ2n) is 6.94. The van der Waals surface area contributed by atoms with Crippen LogP contribution >= 0.6 is 0 Å². The van der Waals surface area contributed by atoms with E-state index in [-0.39, 0.29) is 13.2 Å². The Labute approximate surface area is 192 Å². The highest BCUT2D eigenvalue weighted by Crippen LogP contribution is 2.26. The Kier molecular flexibility index (Phi) is 8.99. The van der Waals surface area contributed by atoms with Crippen molar-refractivity contribution in [1.82, 2.24) is 0 Å². The maximum atomic E-state index is 12.6. The Hall–Kier alpha value is -3.68. The van der Waals surface area contributed by atoms with Crippen molar-refractivity contribution < 1.29 is 33.3 Å². The highest BCUT2D eigenvalue weighted by atomic mass is 16.6. The van der Waals surface area contributed by atoms with Crippen molar-refractivity contribution in [3.05, 3.63) is 84.4 Å². The smallest absolute Gasteiger partial charge is 0.343 e. The lowest BCUT2D eigenvalue weighted by Crippen LogP contribution is -2.13. The molecule has 0 unspecified atom stereocenters. The van der Waals surface area contributed by atoms with E-state index in [1.54, 1.807) is 67.8 Å². The summed E-state index contributed by atoms with van der Waals surface area (Å²) in [5.74, 6) is -0.0422. The Morgan fingerprint density at radius 3 is 2.39 bits per heavy atom. The van der Waals surface area contributed by atoms with Crippen LogP contribution in [0, 0.1) is 0 Å². The van der Waals surface area contributed by atoms with Crippen molar-refractivity contribution >= 4 is 22.7 Å². The fraction of sp³-hybridized carbons (Fsp3) is 0.231. The van der Waals surface area contributed by atoms with Crippen LogP contribution in [-0.2, 0) is 14.2 Å². The van der Waals surface area contributed by atoms with E-state index in [0.29, 0.717) is 47.8 Å². The predicted molar refractivity (Wildman–Crippen MR) is 124 cm³/mol. The molecule has 0 saturated heterocycles. The Balaban J connectivity index is 1.67. The number of ether oxygens (including phenoxy) is 5. The zero-order chi connectivity index (χ0) is 23.5. The summed E-state index contributed by atoms with van der Waals surface area (Å²) in [7, 11) is 1.59. The highest BCUT2D eigenvalue weighted by molar-refractivity contribution is 6.05. The van der Waals surface area contributed by atoms with Gasteiger partial charge in [0.25, 0.3) is 0 Å². The van der Waals surface area contributed by atoms with Crippen molar-refractivity contribution in [3.63, 3.8) is 0 Å². The van der Waals surface area contributed by atoms with Gasteiger partial charge in [0.2, 0.25) is 0 Å². The Bertz CT molecular complexity index is 1090. The molecule has 0 fully saturated rings. The molecule has 3 aromatic carbocycles. The van der Waals surface area contributed by atoms with Gasteiger partial charge in [-0.05, 0) is 53.2 Å². The first-order valence-corrected chi connectivity index (χ1v) is 10.4. The monoisotopic (exact) mass is 450 g/mol. The van der Waals surface area contributed by atoms with Crippen LogP contribution in [0.3, 0.4) is 0 Å². The zero-order valence-electron chi connectivity index (χ0n) is 18.5. The molecule has 0 aromatic heterocycles. The summed E-state index contributed by atoms with van der Waals surface area (Å²) in [6.07, 6.45) is 1.64. The standard InChI is InChI=1S/C26H26O7/c1-3-13-31-21-10-8-20(9-11-21)25(27)33-22-12-7-19-5-4-6-23(24(19)18-22)26(28)32-17-16-30-15-14-29-2/h3-12,18H,1,13-17H2,2H3. The second kappa shape index (κ2) is 12.4. The molecule has 172 valence electrons. The molecule has 0 aliphatic rings. The largest absolute Gasteiger partial charge is 0.490 e. The summed E-state index contributed by atoms with van der Waals surface area (Å²) < 4.78 is 26.5. The lowest BCUT2D eigenvalue weighted by atomic mass is 10.0. The van der Waals surface area contributed by atoms with Gasteiger partial charge >= 0.3 is 11.9 Å². The van der Waals surface area contributed by atoms with Crippen molar-refractivity contribution in [2.45, 2.75) is 0 Å². The van der Waals surface area contributed by atoms with Gasteiger partial charge in [-0.25, -0.2) is 9.59 Å². The molecule has 0 radical (unpaired) electrons. The molecule has 0 bridgehead atoms. The predicted octanol–water partition coefficient (Wildman–Crippen LogP) is 4.44. The average Bonchev–Trinajstić information content (AvgIpc) is 2.84. The van der Waals surface area contributed by atoms with Gasteiger partial charge in [-0.2, -0.15) is 0 Å². The minimum Gasteiger partial charge on any atom is -0.490 e. The highest BCUT2D eigenvalue weighted by Gasteiger charge is 2.14. The number of rotatable bonds is 12. The number of hydrogen-bond acceptors (Lipinski definition) is 7. The lowest BCUT2D eigenvalue weighted by Gasteiger charge is -2.10. The fourth-order valence-corrected chi connectivity index (χ4v) is 3.02. The van der Waals surface area contributed by atoms with Crippen LogP contribution < -0.4 is 9.47 Å². The van der Waals surface area contributed by atoms with E-state index in [1.165, 1.54) is 0 Å². The van der Waals surface area contributed by atoms with Crippen molar-refractivity contribution in [3.8, 4) is 11.5 Å². The number of carbonyl (C=O) groups excluding carboxylic acids is 2. The van der Waals surface area contributed by atoms with Crippen LogP contribution in [0.4, 0.5) is 0 Å². The van der Waals surface area contributed by atoms with Gasteiger partial charge < -0.3 is 23.7 Å². The third kappa shape index (κ3) is 6.90. The summed E-state index contributed by atoms with van der Waals surface area (Å²) in [4.78, 5) is 25.1. The molecule has 3 rings (SSSR count). The van der Waals surface area contributed by atoms with E-state index in [1.807, 2.05) is 6.07 Å². The van der Waals surface area contributed by atoms with E-state index < -0.39 is 11.9 Å². The topological polar surface area (TPSA) is 80.3 Å². The lowest BCUT2D eigenvalue weighted by molar-refractivity contribution is 0.0215. The SMILES string of the molecule is C=CCOc1ccc(C(=O)Oc2ccc3cccc(C(=O)OCCOCCOC)c3c2)cc1. The first-order valence-electron chi connectivity index (χ1n) is 10.4. The summed E-state index contributed by atoms with van der Waals surface area (Å²) in [6, 6.07) is 17.1. The number of methoxy groups -OCH3 is 1. The molecule has 33 heavy (non-hydrogen) atoms. The number of fused-ring (bicyclic) bond motifs is 1. The van der Waals surface area contributed by atoms with Gasteiger partial charge in [0.15, 0.2) is 0 Å². The summed E-state index contributed by atoms with van der Waals surface area (Å²) in [5.41, 5.74) is 0.758. The number of esters is 2.